The van der Waals surface area contributed by atoms with Crippen molar-refractivity contribution in [3.63, 3.8) is 0 Å². The summed E-state index contributed by atoms with van der Waals surface area (Å²) in [5, 5.41) is 10.2. The van der Waals surface area contributed by atoms with Crippen molar-refractivity contribution < 1.29 is 17.9 Å². The molecule has 1 N–H and O–H groups in total. The van der Waals surface area contributed by atoms with Crippen LogP contribution in [-0.2, 0) is 10.0 Å². The molecule has 2 heterocycles. The largest absolute Gasteiger partial charge is 0.395 e. The number of aliphatic hydroxyl groups is 1. The molecule has 1 saturated carbocycles. The highest BCUT2D eigenvalue weighted by atomic mass is 32.2. The number of aliphatic hydroxyl groups excluding tert-OH is 1. The molecule has 0 spiro atoms. The summed E-state index contributed by atoms with van der Waals surface area (Å²) in [6.45, 7) is 1.68. The van der Waals surface area contributed by atoms with Gasteiger partial charge in [0.05, 0.1) is 11.5 Å². The number of hydrogen-bond donors (Lipinski definition) is 1. The average Bonchev–Trinajstić information content (AvgIpc) is 3.36. The van der Waals surface area contributed by atoms with E-state index in [-0.39, 0.29) is 29.5 Å². The minimum absolute atomic E-state index is 0.0157. The molecule has 0 aromatic heterocycles. The van der Waals surface area contributed by atoms with Gasteiger partial charge in [-0.1, -0.05) is 36.8 Å². The molecule has 2 saturated heterocycles. The van der Waals surface area contributed by atoms with E-state index in [1.54, 1.807) is 4.31 Å². The number of halogens is 1. The molecular weight excluding hydrogens is 463 g/mol. The van der Waals surface area contributed by atoms with Crippen molar-refractivity contribution in [2.45, 2.75) is 61.4 Å². The fourth-order valence-electron chi connectivity index (χ4n) is 5.93. The van der Waals surface area contributed by atoms with Crippen LogP contribution in [0.3, 0.4) is 0 Å². The Labute approximate surface area is 208 Å². The summed E-state index contributed by atoms with van der Waals surface area (Å²) in [4.78, 5) is 2.37. The van der Waals surface area contributed by atoms with Crippen molar-refractivity contribution in [1.29, 1.82) is 0 Å². The Bertz CT molecular complexity index is 1180. The van der Waals surface area contributed by atoms with E-state index < -0.39 is 15.8 Å². The molecule has 3 aliphatic rings. The molecule has 0 bridgehead atoms. The smallest absolute Gasteiger partial charge is 0.243 e. The Morgan fingerprint density at radius 2 is 1.63 bits per heavy atom. The maximum atomic E-state index is 13.4. The van der Waals surface area contributed by atoms with Gasteiger partial charge in [0.2, 0.25) is 10.0 Å². The third-order valence-electron chi connectivity index (χ3n) is 7.86. The van der Waals surface area contributed by atoms with Gasteiger partial charge in [-0.2, -0.15) is 4.31 Å². The molecule has 3 atom stereocenters. The summed E-state index contributed by atoms with van der Waals surface area (Å²) < 4.78 is 41.7. The number of sulfonamides is 1. The van der Waals surface area contributed by atoms with Gasteiger partial charge in [-0.15, -0.1) is 0 Å². The summed E-state index contributed by atoms with van der Waals surface area (Å²) in [5.41, 5.74) is 2.10. The summed E-state index contributed by atoms with van der Waals surface area (Å²) in [5.74, 6) is 6.81. The highest BCUT2D eigenvalue weighted by molar-refractivity contribution is 7.89. The minimum atomic E-state index is -3.73. The lowest BCUT2D eigenvalue weighted by Crippen LogP contribution is -2.67. The summed E-state index contributed by atoms with van der Waals surface area (Å²) in [7, 11) is -3.73. The van der Waals surface area contributed by atoms with Gasteiger partial charge >= 0.3 is 0 Å². The molecular formula is C28H33FN2O3S. The molecule has 0 radical (unpaired) electrons. The van der Waals surface area contributed by atoms with Crippen molar-refractivity contribution in [2.24, 2.45) is 5.92 Å². The lowest BCUT2D eigenvalue weighted by atomic mass is 9.74. The molecule has 3 fully saturated rings. The van der Waals surface area contributed by atoms with Crippen molar-refractivity contribution >= 4 is 10.0 Å². The van der Waals surface area contributed by atoms with Crippen LogP contribution in [0, 0.1) is 23.6 Å². The standard InChI is InChI=1S/C28H33FN2O3S/c29-24-13-15-25(16-14-24)35(33,34)30-17-3-4-18-31-26(19-30)28(27(31)20-32)23-11-9-22(10-12-23)8-7-21-5-1-2-6-21/h9-16,21,26-28,32H,1-6,17-20H2/t26-,27+,28+/m1/s1. The molecule has 0 unspecified atom stereocenters. The average molecular weight is 497 g/mol. The van der Waals surface area contributed by atoms with E-state index in [4.69, 9.17) is 0 Å². The second-order valence-corrected chi connectivity index (χ2v) is 11.9. The third-order valence-corrected chi connectivity index (χ3v) is 9.73. The van der Waals surface area contributed by atoms with E-state index in [0.29, 0.717) is 19.0 Å². The zero-order valence-corrected chi connectivity index (χ0v) is 20.8. The van der Waals surface area contributed by atoms with Crippen molar-refractivity contribution in [3.8, 4) is 11.8 Å². The van der Waals surface area contributed by atoms with Gasteiger partial charge in [-0.05, 0) is 74.2 Å². The Balaban J connectivity index is 1.37. The van der Waals surface area contributed by atoms with Crippen LogP contribution < -0.4 is 0 Å². The fourth-order valence-corrected chi connectivity index (χ4v) is 7.42. The van der Waals surface area contributed by atoms with Crippen LogP contribution in [0.25, 0.3) is 0 Å². The molecule has 5 rings (SSSR count). The second-order valence-electron chi connectivity index (χ2n) is 9.98. The molecule has 2 aromatic carbocycles. The first-order valence-corrected chi connectivity index (χ1v) is 14.2. The molecule has 0 amide bonds. The Morgan fingerprint density at radius 3 is 2.31 bits per heavy atom. The zero-order valence-electron chi connectivity index (χ0n) is 19.9. The van der Waals surface area contributed by atoms with Gasteiger partial charge in [0.15, 0.2) is 0 Å². The number of benzene rings is 2. The molecule has 35 heavy (non-hydrogen) atoms. The molecule has 1 aliphatic carbocycles. The lowest BCUT2D eigenvalue weighted by Gasteiger charge is -2.57. The van der Waals surface area contributed by atoms with Crippen LogP contribution in [-0.4, -0.2) is 61.1 Å². The van der Waals surface area contributed by atoms with Gasteiger partial charge in [-0.3, -0.25) is 4.90 Å². The van der Waals surface area contributed by atoms with Crippen molar-refractivity contribution in [2.75, 3.05) is 26.2 Å². The molecule has 186 valence electrons. The predicted molar refractivity (Wildman–Crippen MR) is 134 cm³/mol. The van der Waals surface area contributed by atoms with Gasteiger partial charge in [0.1, 0.15) is 5.82 Å². The highest BCUT2D eigenvalue weighted by Gasteiger charge is 2.50. The normalized spacial score (nSPS) is 26.2. The number of nitrogens with zero attached hydrogens (tertiary/aromatic N) is 2. The first-order valence-electron chi connectivity index (χ1n) is 12.7. The Hall–Kier alpha value is -2.24. The van der Waals surface area contributed by atoms with E-state index >= 15 is 0 Å². The molecule has 5 nitrogen and oxygen atoms in total. The minimum Gasteiger partial charge on any atom is -0.395 e. The molecule has 2 aliphatic heterocycles. The highest BCUT2D eigenvalue weighted by Crippen LogP contribution is 2.42. The summed E-state index contributed by atoms with van der Waals surface area (Å²) >= 11 is 0. The van der Waals surface area contributed by atoms with Gasteiger partial charge < -0.3 is 5.11 Å². The Kier molecular flexibility index (Phi) is 7.26. The van der Waals surface area contributed by atoms with E-state index in [2.05, 4.69) is 28.9 Å². The van der Waals surface area contributed by atoms with Gasteiger partial charge in [0.25, 0.3) is 0 Å². The van der Waals surface area contributed by atoms with E-state index in [9.17, 15) is 17.9 Å². The zero-order chi connectivity index (χ0) is 24.4. The molecule has 7 heteroatoms. The first kappa shape index (κ1) is 24.5. The van der Waals surface area contributed by atoms with Gasteiger partial charge in [0, 0.05) is 42.6 Å². The summed E-state index contributed by atoms with van der Waals surface area (Å²) in [6.07, 6.45) is 6.55. The monoisotopic (exact) mass is 496 g/mol. The lowest BCUT2D eigenvalue weighted by molar-refractivity contribution is -0.0553. The third kappa shape index (κ3) is 5.03. The van der Waals surface area contributed by atoms with Crippen LogP contribution >= 0.6 is 0 Å². The van der Waals surface area contributed by atoms with E-state index in [1.165, 1.54) is 49.9 Å². The Morgan fingerprint density at radius 1 is 0.943 bits per heavy atom. The fraction of sp³-hybridized carbons (Fsp3) is 0.500. The first-order chi connectivity index (χ1) is 17.0. The van der Waals surface area contributed by atoms with Crippen LogP contribution in [0.15, 0.2) is 53.4 Å². The van der Waals surface area contributed by atoms with Crippen molar-refractivity contribution in [1.82, 2.24) is 9.21 Å². The van der Waals surface area contributed by atoms with Crippen molar-refractivity contribution in [3.05, 3.63) is 65.5 Å². The number of fused-ring (bicyclic) bond motifs is 1. The quantitative estimate of drug-likeness (QED) is 0.651. The van der Waals surface area contributed by atoms with Gasteiger partial charge in [-0.25, -0.2) is 12.8 Å². The number of rotatable bonds is 4. The second kappa shape index (κ2) is 10.4. The SMILES string of the molecule is O=S(=O)(c1ccc(F)cc1)N1CCCCN2[C@H](C1)[C@H](c1ccc(C#CC3CCCC3)cc1)[C@@H]2CO. The van der Waals surface area contributed by atoms with E-state index in [1.807, 2.05) is 12.1 Å². The maximum Gasteiger partial charge on any atom is 0.243 e. The predicted octanol–water partition coefficient (Wildman–Crippen LogP) is 3.98. The molecule has 2 aromatic rings. The van der Waals surface area contributed by atoms with Crippen LogP contribution in [0.2, 0.25) is 0 Å². The maximum absolute atomic E-state index is 13.4. The van der Waals surface area contributed by atoms with Crippen LogP contribution in [0.5, 0.6) is 0 Å². The van der Waals surface area contributed by atoms with E-state index in [0.717, 1.165) is 30.5 Å². The summed E-state index contributed by atoms with van der Waals surface area (Å²) in [6, 6.07) is 13.3. The van der Waals surface area contributed by atoms with Crippen LogP contribution in [0.4, 0.5) is 4.39 Å². The van der Waals surface area contributed by atoms with Crippen LogP contribution in [0.1, 0.15) is 55.6 Å². The number of hydrogen-bond acceptors (Lipinski definition) is 4. The topological polar surface area (TPSA) is 60.9 Å².